The van der Waals surface area contributed by atoms with Crippen molar-refractivity contribution in [3.05, 3.63) is 113 Å². The second kappa shape index (κ2) is 13.8. The smallest absolute Gasteiger partial charge is 0.429 e. The molecule has 0 saturated heterocycles. The number of rotatable bonds is 10. The van der Waals surface area contributed by atoms with Gasteiger partial charge in [-0.25, -0.2) is 17.6 Å². The molecule has 0 aliphatic heterocycles. The zero-order valence-corrected chi connectivity index (χ0v) is 24.9. The summed E-state index contributed by atoms with van der Waals surface area (Å²) < 4.78 is 92.9. The highest BCUT2D eigenvalue weighted by Crippen LogP contribution is 2.40. The zero-order valence-electron chi connectivity index (χ0n) is 24.9. The Morgan fingerprint density at radius 1 is 0.733 bits per heavy atom. The molecule has 0 unspecified atom stereocenters. The van der Waals surface area contributed by atoms with E-state index in [1.807, 2.05) is 12.1 Å². The highest BCUT2D eigenvalue weighted by Gasteiger charge is 2.41. The first-order valence-corrected chi connectivity index (χ1v) is 15.3. The molecule has 4 aromatic carbocycles. The molecule has 0 bridgehead atoms. The number of ether oxygens (including phenoxy) is 1. The van der Waals surface area contributed by atoms with Gasteiger partial charge in [-0.15, -0.1) is 0 Å². The third-order valence-electron chi connectivity index (χ3n) is 8.70. The summed E-state index contributed by atoms with van der Waals surface area (Å²) >= 11 is 0. The van der Waals surface area contributed by atoms with Gasteiger partial charge in [-0.1, -0.05) is 69.0 Å². The Balaban J connectivity index is 1.29. The number of hydrogen-bond donors (Lipinski definition) is 0. The van der Waals surface area contributed by atoms with Crippen molar-refractivity contribution in [1.82, 2.24) is 0 Å². The molecule has 0 heterocycles. The Kier molecular flexibility index (Phi) is 9.86. The van der Waals surface area contributed by atoms with E-state index in [2.05, 4.69) is 23.8 Å². The van der Waals surface area contributed by atoms with Crippen LogP contribution in [0.4, 0.5) is 26.3 Å². The highest BCUT2D eigenvalue weighted by atomic mass is 19.3. The molecule has 45 heavy (non-hydrogen) atoms. The van der Waals surface area contributed by atoms with Gasteiger partial charge < -0.3 is 4.74 Å². The summed E-state index contributed by atoms with van der Waals surface area (Å²) in [6.07, 6.45) is 5.44. The monoisotopic (exact) mass is 621 g/mol. The van der Waals surface area contributed by atoms with Crippen LogP contribution in [0, 0.1) is 40.5 Å². The minimum Gasteiger partial charge on any atom is -0.429 e. The molecule has 0 aromatic heterocycles. The van der Waals surface area contributed by atoms with Crippen molar-refractivity contribution in [3.8, 4) is 34.1 Å². The van der Waals surface area contributed by atoms with Crippen molar-refractivity contribution in [2.24, 2.45) is 5.92 Å². The summed E-state index contributed by atoms with van der Waals surface area (Å²) in [5, 5.41) is 8.79. The first-order valence-electron chi connectivity index (χ1n) is 15.3. The highest BCUT2D eigenvalue weighted by molar-refractivity contribution is 5.71. The standard InChI is InChI=1S/C37H33F6NO/c1-2-3-4-5-23-6-8-24(9-7-23)25-10-12-26(13-11-25)27-15-17-31(33(39)18-27)29-19-34(40)36(35(41)20-29)37(42,43)45-30-16-14-28(22-44)32(38)21-30/h10-21,23-24H,2-9H2,1H3. The van der Waals surface area contributed by atoms with Gasteiger partial charge in [0.2, 0.25) is 0 Å². The SMILES string of the molecule is CCCCCC1CCC(c2ccc(-c3ccc(-c4cc(F)c(C(F)(F)Oc5ccc(C#N)c(F)c5)c(F)c4)c(F)c3)cc2)CC1. The van der Waals surface area contributed by atoms with Crippen LogP contribution in [0.15, 0.2) is 72.8 Å². The van der Waals surface area contributed by atoms with Crippen LogP contribution < -0.4 is 4.74 Å². The molecule has 1 fully saturated rings. The molecule has 4 aromatic rings. The molecular formula is C37H33F6NO. The number of unbranched alkanes of at least 4 members (excludes halogenated alkanes) is 2. The maximum atomic E-state index is 15.2. The summed E-state index contributed by atoms with van der Waals surface area (Å²) in [6.45, 7) is 2.22. The van der Waals surface area contributed by atoms with E-state index in [-0.39, 0.29) is 11.1 Å². The largest absolute Gasteiger partial charge is 0.432 e. The fourth-order valence-electron chi connectivity index (χ4n) is 6.20. The first-order chi connectivity index (χ1) is 21.6. The molecule has 234 valence electrons. The fraction of sp³-hybridized carbons (Fsp3) is 0.324. The summed E-state index contributed by atoms with van der Waals surface area (Å²) in [5.74, 6) is -4.66. The van der Waals surface area contributed by atoms with E-state index in [9.17, 15) is 22.0 Å². The van der Waals surface area contributed by atoms with Gasteiger partial charge in [0.1, 0.15) is 40.7 Å². The lowest BCUT2D eigenvalue weighted by molar-refractivity contribution is -0.189. The van der Waals surface area contributed by atoms with Gasteiger partial charge in [0.05, 0.1) is 5.56 Å². The number of benzene rings is 4. The van der Waals surface area contributed by atoms with Gasteiger partial charge in [0, 0.05) is 11.6 Å². The number of halogens is 6. The second-order valence-corrected chi connectivity index (χ2v) is 11.7. The third kappa shape index (κ3) is 7.36. The molecule has 1 aliphatic carbocycles. The Morgan fingerprint density at radius 2 is 1.38 bits per heavy atom. The number of nitrogens with zero attached hydrogens (tertiary/aromatic N) is 1. The molecule has 2 nitrogen and oxygen atoms in total. The van der Waals surface area contributed by atoms with Crippen molar-refractivity contribution >= 4 is 0 Å². The second-order valence-electron chi connectivity index (χ2n) is 11.7. The average molecular weight is 622 g/mol. The third-order valence-corrected chi connectivity index (χ3v) is 8.70. The van der Waals surface area contributed by atoms with Crippen molar-refractivity contribution in [2.45, 2.75) is 70.3 Å². The summed E-state index contributed by atoms with van der Waals surface area (Å²) in [5.41, 5.74) is 0.0309. The minimum atomic E-state index is -4.53. The zero-order chi connectivity index (χ0) is 32.1. The van der Waals surface area contributed by atoms with Gasteiger partial charge in [-0.2, -0.15) is 14.0 Å². The molecule has 8 heteroatoms. The van der Waals surface area contributed by atoms with Crippen LogP contribution in [0.2, 0.25) is 0 Å². The molecule has 1 saturated carbocycles. The van der Waals surface area contributed by atoms with E-state index in [4.69, 9.17) is 5.26 Å². The van der Waals surface area contributed by atoms with Crippen LogP contribution in [0.25, 0.3) is 22.3 Å². The minimum absolute atomic E-state index is 0.172. The van der Waals surface area contributed by atoms with E-state index >= 15 is 4.39 Å². The van der Waals surface area contributed by atoms with E-state index in [0.717, 1.165) is 36.5 Å². The Bertz CT molecular complexity index is 1660. The molecule has 0 N–H and O–H groups in total. The molecule has 1 aliphatic rings. The van der Waals surface area contributed by atoms with Gasteiger partial charge in [-0.05, 0) is 90.1 Å². The van der Waals surface area contributed by atoms with E-state index in [1.54, 1.807) is 6.07 Å². The first kappa shape index (κ1) is 32.2. The summed E-state index contributed by atoms with van der Waals surface area (Å²) in [4.78, 5) is 0. The molecule has 0 amide bonds. The molecule has 0 radical (unpaired) electrons. The molecule has 0 spiro atoms. The van der Waals surface area contributed by atoms with Crippen LogP contribution in [0.1, 0.15) is 80.9 Å². The van der Waals surface area contributed by atoms with Gasteiger partial charge in [0.25, 0.3) is 0 Å². The molecule has 5 rings (SSSR count). The van der Waals surface area contributed by atoms with Crippen LogP contribution in [0.5, 0.6) is 5.75 Å². The van der Waals surface area contributed by atoms with Crippen molar-refractivity contribution in [3.63, 3.8) is 0 Å². The lowest BCUT2D eigenvalue weighted by atomic mass is 9.77. The lowest BCUT2D eigenvalue weighted by Gasteiger charge is -2.29. The topological polar surface area (TPSA) is 33.0 Å². The van der Waals surface area contributed by atoms with Crippen LogP contribution in [-0.4, -0.2) is 0 Å². The van der Waals surface area contributed by atoms with Gasteiger partial charge >= 0.3 is 6.11 Å². The fourth-order valence-corrected chi connectivity index (χ4v) is 6.20. The van der Waals surface area contributed by atoms with Crippen LogP contribution in [-0.2, 0) is 6.11 Å². The number of nitriles is 1. The van der Waals surface area contributed by atoms with Gasteiger partial charge in [0.15, 0.2) is 0 Å². The molecule has 0 atom stereocenters. The number of alkyl halides is 2. The van der Waals surface area contributed by atoms with Crippen LogP contribution >= 0.6 is 0 Å². The molecular weight excluding hydrogens is 588 g/mol. The Labute approximate surface area is 259 Å². The number of hydrogen-bond acceptors (Lipinski definition) is 2. The Hall–Kier alpha value is -4.25. The van der Waals surface area contributed by atoms with E-state index < -0.39 is 46.3 Å². The maximum absolute atomic E-state index is 15.2. The van der Waals surface area contributed by atoms with Crippen molar-refractivity contribution < 1.29 is 31.1 Å². The van der Waals surface area contributed by atoms with Gasteiger partial charge in [-0.3, -0.25) is 0 Å². The summed E-state index contributed by atoms with van der Waals surface area (Å²) in [6, 6.07) is 17.2. The quantitative estimate of drug-likeness (QED) is 0.130. The average Bonchev–Trinajstić information content (AvgIpc) is 3.01. The lowest BCUT2D eigenvalue weighted by Crippen LogP contribution is -2.25. The van der Waals surface area contributed by atoms with E-state index in [0.29, 0.717) is 29.7 Å². The van der Waals surface area contributed by atoms with Crippen molar-refractivity contribution in [1.29, 1.82) is 5.26 Å². The predicted molar refractivity (Wildman–Crippen MR) is 162 cm³/mol. The van der Waals surface area contributed by atoms with E-state index in [1.165, 1.54) is 62.3 Å². The normalized spacial score (nSPS) is 16.8. The summed E-state index contributed by atoms with van der Waals surface area (Å²) in [7, 11) is 0. The maximum Gasteiger partial charge on any atom is 0.432 e. The van der Waals surface area contributed by atoms with Crippen molar-refractivity contribution in [2.75, 3.05) is 0 Å². The predicted octanol–water partition coefficient (Wildman–Crippen LogP) is 11.4. The van der Waals surface area contributed by atoms with Crippen LogP contribution in [0.3, 0.4) is 0 Å². The Morgan fingerprint density at radius 3 is 1.98 bits per heavy atom.